The highest BCUT2D eigenvalue weighted by atomic mass is 35.5. The van der Waals surface area contributed by atoms with Crippen LogP contribution in [0, 0.1) is 0 Å². The van der Waals surface area contributed by atoms with Gasteiger partial charge in [-0.1, -0.05) is 35.4 Å². The van der Waals surface area contributed by atoms with E-state index in [9.17, 15) is 0 Å². The van der Waals surface area contributed by atoms with Gasteiger partial charge in [0.25, 0.3) is 0 Å². The second-order valence-electron chi connectivity index (χ2n) is 3.73. The van der Waals surface area contributed by atoms with Crippen molar-refractivity contribution in [1.82, 2.24) is 10.9 Å². The first-order valence-corrected chi connectivity index (χ1v) is 6.61. The van der Waals surface area contributed by atoms with Crippen molar-refractivity contribution in [1.29, 1.82) is 0 Å². The molecule has 0 aliphatic heterocycles. The summed E-state index contributed by atoms with van der Waals surface area (Å²) in [5, 5.41) is 9.48. The highest BCUT2D eigenvalue weighted by molar-refractivity contribution is 7.80. The fourth-order valence-corrected chi connectivity index (χ4v) is 2.07. The van der Waals surface area contributed by atoms with Gasteiger partial charge in [-0.2, -0.15) is 0 Å². The molecule has 1 atom stereocenters. The summed E-state index contributed by atoms with van der Waals surface area (Å²) in [4.78, 5) is 0.463. The number of nitrogens with two attached hydrogens (primary N) is 1. The second kappa shape index (κ2) is 7.84. The molecular weight excluding hydrogens is 309 g/mol. The summed E-state index contributed by atoms with van der Waals surface area (Å²) >= 11 is 17.3. The number of rotatable bonds is 6. The van der Waals surface area contributed by atoms with Crippen molar-refractivity contribution in [2.24, 2.45) is 5.73 Å². The molecule has 0 saturated carbocycles. The fourth-order valence-electron chi connectivity index (χ4n) is 1.26. The fraction of sp³-hybridized carbons (Fsp3) is 0.364. The minimum absolute atomic E-state index is 0.120. The molecule has 0 saturated heterocycles. The van der Waals surface area contributed by atoms with Crippen LogP contribution in [0.25, 0.3) is 0 Å². The number of hydrogen-bond acceptors (Lipinski definition) is 5. The van der Waals surface area contributed by atoms with Crippen LogP contribution in [0.5, 0.6) is 5.75 Å². The molecule has 0 amide bonds. The summed E-state index contributed by atoms with van der Waals surface area (Å²) < 4.78 is 5.39. The Balaban J connectivity index is 2.88. The minimum atomic E-state index is -0.487. The lowest BCUT2D eigenvalue weighted by Crippen LogP contribution is -2.33. The predicted molar refractivity (Wildman–Crippen MR) is 80.9 cm³/mol. The molecule has 106 valence electrons. The zero-order chi connectivity index (χ0) is 14.4. The minimum Gasteiger partial charge on any atom is -0.489 e. The van der Waals surface area contributed by atoms with Crippen LogP contribution in [0.1, 0.15) is 5.56 Å². The van der Waals surface area contributed by atoms with Gasteiger partial charge < -0.3 is 21.0 Å². The number of hydrazine groups is 1. The van der Waals surface area contributed by atoms with Gasteiger partial charge in [0.1, 0.15) is 11.6 Å². The SMILES string of the molecule is CNNC(=S)c1cc(Cl)c(OC[C@H](N)CO)c(Cl)c1. The van der Waals surface area contributed by atoms with E-state index in [1.165, 1.54) is 0 Å². The molecule has 0 bridgehead atoms. The zero-order valence-corrected chi connectivity index (χ0v) is 12.6. The van der Waals surface area contributed by atoms with Gasteiger partial charge in [0.2, 0.25) is 0 Å². The maximum Gasteiger partial charge on any atom is 0.156 e. The molecule has 0 aliphatic carbocycles. The van der Waals surface area contributed by atoms with Crippen LogP contribution in [0.2, 0.25) is 10.0 Å². The normalized spacial score (nSPS) is 12.1. The monoisotopic (exact) mass is 323 g/mol. The molecule has 5 N–H and O–H groups in total. The molecule has 0 aliphatic rings. The van der Waals surface area contributed by atoms with Gasteiger partial charge >= 0.3 is 0 Å². The van der Waals surface area contributed by atoms with Crippen molar-refractivity contribution in [3.05, 3.63) is 27.7 Å². The van der Waals surface area contributed by atoms with Crippen molar-refractivity contribution in [3.8, 4) is 5.75 Å². The van der Waals surface area contributed by atoms with E-state index in [0.29, 0.717) is 26.3 Å². The van der Waals surface area contributed by atoms with E-state index in [1.54, 1.807) is 19.2 Å². The molecule has 0 unspecified atom stereocenters. The Morgan fingerprint density at radius 3 is 2.53 bits per heavy atom. The van der Waals surface area contributed by atoms with Crippen LogP contribution in [-0.2, 0) is 0 Å². The van der Waals surface area contributed by atoms with Crippen molar-refractivity contribution in [3.63, 3.8) is 0 Å². The Bertz CT molecular complexity index is 437. The first-order chi connectivity index (χ1) is 8.99. The average molecular weight is 324 g/mol. The smallest absolute Gasteiger partial charge is 0.156 e. The van der Waals surface area contributed by atoms with E-state index in [4.69, 9.17) is 51.0 Å². The number of aliphatic hydroxyl groups is 1. The number of nitrogens with one attached hydrogen (secondary N) is 2. The molecule has 8 heteroatoms. The third kappa shape index (κ3) is 4.76. The zero-order valence-electron chi connectivity index (χ0n) is 10.2. The molecule has 0 spiro atoms. The molecule has 0 fully saturated rings. The third-order valence-electron chi connectivity index (χ3n) is 2.18. The van der Waals surface area contributed by atoms with Crippen molar-refractivity contribution >= 4 is 40.4 Å². The number of hydrogen-bond donors (Lipinski definition) is 4. The molecule has 0 aromatic heterocycles. The number of halogens is 2. The Hall–Kier alpha value is -0.630. The number of ether oxygens (including phenoxy) is 1. The van der Waals surface area contributed by atoms with Gasteiger partial charge in [-0.15, -0.1) is 0 Å². The van der Waals surface area contributed by atoms with Gasteiger partial charge in [0.15, 0.2) is 5.75 Å². The predicted octanol–water partition coefficient (Wildman–Crippen LogP) is 1.09. The van der Waals surface area contributed by atoms with E-state index in [0.717, 1.165) is 0 Å². The molecule has 0 radical (unpaired) electrons. The van der Waals surface area contributed by atoms with Crippen LogP contribution in [0.15, 0.2) is 12.1 Å². The summed E-state index contributed by atoms with van der Waals surface area (Å²) in [6.45, 7) is -0.0575. The topological polar surface area (TPSA) is 79.5 Å². The van der Waals surface area contributed by atoms with Crippen molar-refractivity contribution in [2.75, 3.05) is 20.3 Å². The van der Waals surface area contributed by atoms with Crippen molar-refractivity contribution in [2.45, 2.75) is 6.04 Å². The lowest BCUT2D eigenvalue weighted by Gasteiger charge is -2.15. The molecule has 0 heterocycles. The van der Waals surface area contributed by atoms with Gasteiger partial charge in [0.05, 0.1) is 22.7 Å². The quantitative estimate of drug-likeness (QED) is 0.463. The van der Waals surface area contributed by atoms with E-state index < -0.39 is 6.04 Å². The van der Waals surface area contributed by atoms with E-state index >= 15 is 0 Å². The molecular formula is C11H15Cl2N3O2S. The number of aliphatic hydroxyl groups excluding tert-OH is 1. The summed E-state index contributed by atoms with van der Waals surface area (Å²) in [5.74, 6) is 0.322. The van der Waals surface area contributed by atoms with Gasteiger partial charge in [-0.3, -0.25) is 0 Å². The highest BCUT2D eigenvalue weighted by Gasteiger charge is 2.13. The summed E-state index contributed by atoms with van der Waals surface area (Å²) in [6.07, 6.45) is 0. The Kier molecular flexibility index (Phi) is 6.78. The Labute approximate surface area is 127 Å². The van der Waals surface area contributed by atoms with E-state index in [2.05, 4.69) is 10.9 Å². The average Bonchev–Trinajstić information content (AvgIpc) is 2.37. The van der Waals surface area contributed by atoms with Crippen LogP contribution in [0.4, 0.5) is 0 Å². The third-order valence-corrected chi connectivity index (χ3v) is 3.07. The first-order valence-electron chi connectivity index (χ1n) is 5.45. The maximum absolute atomic E-state index is 8.82. The molecule has 5 nitrogen and oxygen atoms in total. The Morgan fingerprint density at radius 1 is 1.47 bits per heavy atom. The maximum atomic E-state index is 8.82. The molecule has 1 aromatic carbocycles. The summed E-state index contributed by atoms with van der Waals surface area (Å²) in [6, 6.07) is 2.79. The van der Waals surface area contributed by atoms with Crippen LogP contribution < -0.4 is 21.3 Å². The second-order valence-corrected chi connectivity index (χ2v) is 4.95. The molecule has 19 heavy (non-hydrogen) atoms. The highest BCUT2D eigenvalue weighted by Crippen LogP contribution is 2.34. The largest absolute Gasteiger partial charge is 0.489 e. The van der Waals surface area contributed by atoms with Crippen molar-refractivity contribution < 1.29 is 9.84 Å². The lowest BCUT2D eigenvalue weighted by molar-refractivity contribution is 0.207. The van der Waals surface area contributed by atoms with Crippen LogP contribution in [-0.4, -0.2) is 36.4 Å². The number of benzene rings is 1. The summed E-state index contributed by atoms with van der Waals surface area (Å²) in [7, 11) is 1.70. The molecule has 1 aromatic rings. The van der Waals surface area contributed by atoms with E-state index in [1.807, 2.05) is 0 Å². The van der Waals surface area contributed by atoms with Crippen LogP contribution in [0.3, 0.4) is 0 Å². The number of thiocarbonyl (C=S) groups is 1. The van der Waals surface area contributed by atoms with Gasteiger partial charge in [0, 0.05) is 12.6 Å². The first kappa shape index (κ1) is 16.4. The standard InChI is InChI=1S/C11H15Cl2N3O2S/c1-15-16-11(19)6-2-8(12)10(9(13)3-6)18-5-7(14)4-17/h2-3,7,15,17H,4-5,14H2,1H3,(H,16,19)/t7-/m1/s1. The van der Waals surface area contributed by atoms with Gasteiger partial charge in [-0.05, 0) is 12.1 Å². The van der Waals surface area contributed by atoms with Gasteiger partial charge in [-0.25, -0.2) is 5.43 Å². The summed E-state index contributed by atoms with van der Waals surface area (Å²) in [5.41, 5.74) is 11.7. The van der Waals surface area contributed by atoms with Crippen LogP contribution >= 0.6 is 35.4 Å². The van der Waals surface area contributed by atoms with E-state index in [-0.39, 0.29) is 13.2 Å². The lowest BCUT2D eigenvalue weighted by atomic mass is 10.2. The Morgan fingerprint density at radius 2 is 2.05 bits per heavy atom. The molecule has 1 rings (SSSR count).